The minimum Gasteiger partial charge on any atom is -0.439 e. The van der Waals surface area contributed by atoms with Gasteiger partial charge in [0, 0.05) is 5.57 Å². The van der Waals surface area contributed by atoms with Gasteiger partial charge >= 0.3 is 0 Å². The zero-order chi connectivity index (χ0) is 10.5. The molecule has 0 saturated carbocycles. The van der Waals surface area contributed by atoms with E-state index in [1.807, 2.05) is 55.5 Å². The summed E-state index contributed by atoms with van der Waals surface area (Å²) in [6, 6.07) is 9.71. The first-order valence-electron chi connectivity index (χ1n) is 4.97. The van der Waals surface area contributed by atoms with E-state index in [0.29, 0.717) is 12.4 Å². The van der Waals surface area contributed by atoms with Gasteiger partial charge in [-0.3, -0.25) is 0 Å². The van der Waals surface area contributed by atoms with Crippen molar-refractivity contribution in [1.29, 1.82) is 0 Å². The number of ether oxygens (including phenoxy) is 1. The largest absolute Gasteiger partial charge is 0.439 e. The van der Waals surface area contributed by atoms with Crippen LogP contribution < -0.4 is 4.74 Å². The number of rotatable bonds is 1. The summed E-state index contributed by atoms with van der Waals surface area (Å²) in [7, 11) is 0. The minimum atomic E-state index is 0.677. The summed E-state index contributed by atoms with van der Waals surface area (Å²) in [6.45, 7) is 2.67. The normalized spacial score (nSPS) is 15.3. The van der Waals surface area contributed by atoms with Crippen LogP contribution in [0, 0.1) is 0 Å². The highest BCUT2D eigenvalue weighted by molar-refractivity contribution is 5.95. The first kappa shape index (κ1) is 9.71. The van der Waals surface area contributed by atoms with Crippen molar-refractivity contribution >= 4 is 5.90 Å². The molecule has 0 aliphatic carbocycles. The van der Waals surface area contributed by atoms with Gasteiger partial charge in [0.2, 0.25) is 5.90 Å². The molecule has 0 bridgehead atoms. The van der Waals surface area contributed by atoms with Crippen LogP contribution >= 0.6 is 0 Å². The fourth-order valence-corrected chi connectivity index (χ4v) is 1.32. The molecule has 0 aromatic heterocycles. The molecule has 0 unspecified atom stereocenters. The Morgan fingerprint density at radius 3 is 2.80 bits per heavy atom. The molecule has 0 fully saturated rings. The highest BCUT2D eigenvalue weighted by Crippen LogP contribution is 2.12. The summed E-state index contributed by atoms with van der Waals surface area (Å²) in [4.78, 5) is 4.34. The van der Waals surface area contributed by atoms with Crippen LogP contribution in [0.4, 0.5) is 0 Å². The van der Waals surface area contributed by atoms with E-state index in [1.165, 1.54) is 0 Å². The molecule has 2 heteroatoms. The Kier molecular flexibility index (Phi) is 2.98. The summed E-state index contributed by atoms with van der Waals surface area (Å²) >= 11 is 0. The second-order valence-electron chi connectivity index (χ2n) is 3.34. The highest BCUT2D eigenvalue weighted by atomic mass is 16.5. The Morgan fingerprint density at radius 2 is 2.00 bits per heavy atom. The predicted molar refractivity (Wildman–Crippen MR) is 62.3 cm³/mol. The fourth-order valence-electron chi connectivity index (χ4n) is 1.32. The number of aliphatic imine (C=N–C) groups is 1. The maximum absolute atomic E-state index is 5.69. The van der Waals surface area contributed by atoms with E-state index in [0.717, 1.165) is 11.3 Å². The third-order valence-electron chi connectivity index (χ3n) is 2.12. The number of allylic oxidation sites excluding steroid dienone is 2. The van der Waals surface area contributed by atoms with Gasteiger partial charge in [0.25, 0.3) is 0 Å². The first-order valence-corrected chi connectivity index (χ1v) is 4.97. The lowest BCUT2D eigenvalue weighted by molar-refractivity contribution is 0.548. The van der Waals surface area contributed by atoms with Crippen molar-refractivity contribution in [2.24, 2.45) is 4.99 Å². The molecule has 2 rings (SSSR count). The number of hydrogen-bond donors (Lipinski definition) is 0. The monoisotopic (exact) mass is 199 g/mol. The molecule has 15 heavy (non-hydrogen) atoms. The minimum absolute atomic E-state index is 0.677. The zero-order valence-corrected chi connectivity index (χ0v) is 8.68. The Balaban J connectivity index is 2.16. The molecular weight excluding hydrogens is 186 g/mol. The molecule has 0 saturated heterocycles. The van der Waals surface area contributed by atoms with Crippen LogP contribution in [0.1, 0.15) is 6.92 Å². The van der Waals surface area contributed by atoms with Gasteiger partial charge in [0.1, 0.15) is 5.75 Å². The maximum atomic E-state index is 5.69. The van der Waals surface area contributed by atoms with Crippen LogP contribution in [0.3, 0.4) is 0 Å². The van der Waals surface area contributed by atoms with Gasteiger partial charge in [0.05, 0.1) is 6.54 Å². The SMILES string of the molecule is CC1=CC=CCN=C1Oc1ccccc1. The highest BCUT2D eigenvalue weighted by Gasteiger charge is 2.05. The molecule has 1 aromatic carbocycles. The van der Waals surface area contributed by atoms with Gasteiger partial charge in [-0.05, 0) is 19.1 Å². The summed E-state index contributed by atoms with van der Waals surface area (Å²) in [6.07, 6.45) is 6.01. The molecule has 1 aliphatic rings. The Bertz CT molecular complexity index is 415. The van der Waals surface area contributed by atoms with Crippen LogP contribution in [0.15, 0.2) is 59.1 Å². The summed E-state index contributed by atoms with van der Waals surface area (Å²) in [5.41, 5.74) is 1.05. The van der Waals surface area contributed by atoms with Crippen molar-refractivity contribution in [2.75, 3.05) is 6.54 Å². The van der Waals surface area contributed by atoms with Crippen molar-refractivity contribution in [1.82, 2.24) is 0 Å². The molecule has 76 valence electrons. The van der Waals surface area contributed by atoms with Gasteiger partial charge in [0.15, 0.2) is 0 Å². The topological polar surface area (TPSA) is 21.6 Å². The van der Waals surface area contributed by atoms with Gasteiger partial charge in [-0.1, -0.05) is 36.4 Å². The van der Waals surface area contributed by atoms with Crippen LogP contribution in [0.25, 0.3) is 0 Å². The van der Waals surface area contributed by atoms with Crippen molar-refractivity contribution in [3.63, 3.8) is 0 Å². The third-order valence-corrected chi connectivity index (χ3v) is 2.12. The van der Waals surface area contributed by atoms with E-state index in [2.05, 4.69) is 4.99 Å². The lowest BCUT2D eigenvalue weighted by Gasteiger charge is -2.07. The second-order valence-corrected chi connectivity index (χ2v) is 3.34. The molecule has 1 aromatic rings. The summed E-state index contributed by atoms with van der Waals surface area (Å²) < 4.78 is 5.69. The van der Waals surface area contributed by atoms with Gasteiger partial charge in [-0.15, -0.1) is 0 Å². The van der Waals surface area contributed by atoms with Crippen LogP contribution in [-0.4, -0.2) is 12.4 Å². The lowest BCUT2D eigenvalue weighted by Crippen LogP contribution is -2.10. The smallest absolute Gasteiger partial charge is 0.217 e. The van der Waals surface area contributed by atoms with Gasteiger partial charge in [-0.25, -0.2) is 4.99 Å². The predicted octanol–water partition coefficient (Wildman–Crippen LogP) is 2.98. The fraction of sp³-hybridized carbons (Fsp3) is 0.154. The third kappa shape index (κ3) is 2.56. The van der Waals surface area contributed by atoms with Crippen molar-refractivity contribution in [3.05, 3.63) is 54.1 Å². The van der Waals surface area contributed by atoms with E-state index in [1.54, 1.807) is 0 Å². The molecular formula is C13H13NO. The molecule has 0 radical (unpaired) electrons. The van der Waals surface area contributed by atoms with Crippen LogP contribution in [0.2, 0.25) is 0 Å². The first-order chi connectivity index (χ1) is 7.36. The molecule has 0 atom stereocenters. The number of hydrogen-bond acceptors (Lipinski definition) is 2. The summed E-state index contributed by atoms with van der Waals surface area (Å²) in [5.74, 6) is 1.53. The Morgan fingerprint density at radius 1 is 1.20 bits per heavy atom. The van der Waals surface area contributed by atoms with Crippen LogP contribution in [-0.2, 0) is 0 Å². The number of nitrogens with zero attached hydrogens (tertiary/aromatic N) is 1. The lowest BCUT2D eigenvalue weighted by atomic mass is 10.3. The molecule has 0 spiro atoms. The quantitative estimate of drug-likeness (QED) is 0.681. The van der Waals surface area contributed by atoms with E-state index in [-0.39, 0.29) is 0 Å². The molecule has 2 nitrogen and oxygen atoms in total. The number of benzene rings is 1. The zero-order valence-electron chi connectivity index (χ0n) is 8.68. The van der Waals surface area contributed by atoms with Crippen molar-refractivity contribution in [3.8, 4) is 5.75 Å². The Labute approximate surface area is 89.6 Å². The molecule has 0 N–H and O–H groups in total. The standard InChI is InChI=1S/C13H13NO/c1-11-7-5-6-10-14-13(11)15-12-8-3-2-4-9-12/h2-9H,10H2,1H3. The van der Waals surface area contributed by atoms with Gasteiger partial charge in [-0.2, -0.15) is 0 Å². The average molecular weight is 199 g/mol. The Hall–Kier alpha value is -1.83. The summed E-state index contributed by atoms with van der Waals surface area (Å²) in [5, 5.41) is 0. The van der Waals surface area contributed by atoms with Crippen LogP contribution in [0.5, 0.6) is 5.75 Å². The van der Waals surface area contributed by atoms with E-state index in [4.69, 9.17) is 4.74 Å². The molecule has 0 amide bonds. The van der Waals surface area contributed by atoms with E-state index in [9.17, 15) is 0 Å². The van der Waals surface area contributed by atoms with E-state index >= 15 is 0 Å². The molecule has 1 aliphatic heterocycles. The second kappa shape index (κ2) is 4.60. The molecule has 1 heterocycles. The van der Waals surface area contributed by atoms with Crippen molar-refractivity contribution < 1.29 is 4.74 Å². The average Bonchev–Trinajstić information content (AvgIpc) is 2.46. The number of para-hydroxylation sites is 1. The van der Waals surface area contributed by atoms with E-state index < -0.39 is 0 Å². The maximum Gasteiger partial charge on any atom is 0.217 e. The van der Waals surface area contributed by atoms with Gasteiger partial charge < -0.3 is 4.74 Å². The van der Waals surface area contributed by atoms with Crippen molar-refractivity contribution in [2.45, 2.75) is 6.92 Å².